The van der Waals surface area contributed by atoms with Crippen LogP contribution in [0.1, 0.15) is 57.2 Å². The maximum absolute atomic E-state index is 11.1. The van der Waals surface area contributed by atoms with Crippen molar-refractivity contribution in [1.82, 2.24) is 10.6 Å². The van der Waals surface area contributed by atoms with Crippen molar-refractivity contribution in [1.29, 1.82) is 0 Å². The second-order valence-corrected chi connectivity index (χ2v) is 6.74. The maximum Gasteiger partial charge on any atom is 0.305 e. The number of hydrogen-bond acceptors (Lipinski definition) is 3. The van der Waals surface area contributed by atoms with Crippen LogP contribution in [0.3, 0.4) is 0 Å². The Morgan fingerprint density at radius 3 is 2.40 bits per heavy atom. The molecule has 25 heavy (non-hydrogen) atoms. The summed E-state index contributed by atoms with van der Waals surface area (Å²) in [6, 6.07) is 8.94. The molecule has 0 amide bonds. The van der Waals surface area contributed by atoms with Crippen molar-refractivity contribution in [3.8, 4) is 0 Å². The summed E-state index contributed by atoms with van der Waals surface area (Å²) in [6.07, 6.45) is 3.28. The zero-order valence-electron chi connectivity index (χ0n) is 16.3. The minimum absolute atomic E-state index is 0.156. The molecule has 1 unspecified atom stereocenters. The second kappa shape index (κ2) is 11.5. The maximum atomic E-state index is 11.1. The Morgan fingerprint density at radius 2 is 1.84 bits per heavy atom. The Morgan fingerprint density at radius 1 is 1.16 bits per heavy atom. The third kappa shape index (κ3) is 8.57. The van der Waals surface area contributed by atoms with Crippen LogP contribution in [0.4, 0.5) is 0 Å². The lowest BCUT2D eigenvalue weighted by Crippen LogP contribution is -2.39. The molecule has 0 aliphatic rings. The quantitative estimate of drug-likeness (QED) is 0.311. The standard InChI is InChI=1S/C20H33N3O2/c1-15(2)14-17-9-11-18(12-10-17)16(3)23-20(21-4)22-13-7-6-8-19(24)25-5/h9-12,15-16H,6-8,13-14H2,1-5H3,(H2,21,22,23). The SMILES string of the molecule is CN=C(NCCCCC(=O)OC)NC(C)c1ccc(CC(C)C)cc1. The van der Waals surface area contributed by atoms with Gasteiger partial charge >= 0.3 is 5.97 Å². The molecular weight excluding hydrogens is 314 g/mol. The number of hydrogen-bond donors (Lipinski definition) is 2. The molecule has 0 heterocycles. The molecule has 1 aromatic carbocycles. The Bertz CT molecular complexity index is 538. The van der Waals surface area contributed by atoms with Gasteiger partial charge in [-0.1, -0.05) is 38.1 Å². The molecule has 1 atom stereocenters. The lowest BCUT2D eigenvalue weighted by atomic mass is 10.00. The number of unbranched alkanes of at least 4 members (excludes halogenated alkanes) is 1. The molecule has 1 rings (SSSR count). The highest BCUT2D eigenvalue weighted by Gasteiger charge is 2.08. The van der Waals surface area contributed by atoms with E-state index in [1.54, 1.807) is 7.05 Å². The van der Waals surface area contributed by atoms with Crippen LogP contribution in [0.2, 0.25) is 0 Å². The van der Waals surface area contributed by atoms with Gasteiger partial charge in [-0.3, -0.25) is 9.79 Å². The van der Waals surface area contributed by atoms with E-state index in [4.69, 9.17) is 0 Å². The molecule has 0 aliphatic heterocycles. The first-order valence-electron chi connectivity index (χ1n) is 9.09. The van der Waals surface area contributed by atoms with Gasteiger partial charge in [0.1, 0.15) is 0 Å². The molecule has 0 aliphatic carbocycles. The Kier molecular flexibility index (Phi) is 9.66. The number of ether oxygens (including phenoxy) is 1. The fraction of sp³-hybridized carbons (Fsp3) is 0.600. The molecule has 0 radical (unpaired) electrons. The Labute approximate surface area is 152 Å². The van der Waals surface area contributed by atoms with Crippen LogP contribution < -0.4 is 10.6 Å². The summed E-state index contributed by atoms with van der Waals surface area (Å²) in [5.41, 5.74) is 2.61. The van der Waals surface area contributed by atoms with E-state index in [1.807, 2.05) is 0 Å². The summed E-state index contributed by atoms with van der Waals surface area (Å²) in [5, 5.41) is 6.69. The van der Waals surface area contributed by atoms with Gasteiger partial charge in [0.2, 0.25) is 0 Å². The highest BCUT2D eigenvalue weighted by molar-refractivity contribution is 5.80. The molecular formula is C20H33N3O2. The second-order valence-electron chi connectivity index (χ2n) is 6.74. The zero-order valence-corrected chi connectivity index (χ0v) is 16.3. The fourth-order valence-corrected chi connectivity index (χ4v) is 2.60. The van der Waals surface area contributed by atoms with Gasteiger partial charge in [0, 0.05) is 20.0 Å². The average Bonchev–Trinajstić information content (AvgIpc) is 2.60. The predicted molar refractivity (Wildman–Crippen MR) is 104 cm³/mol. The van der Waals surface area contributed by atoms with E-state index >= 15 is 0 Å². The molecule has 0 bridgehead atoms. The van der Waals surface area contributed by atoms with Crippen LogP contribution in [0.15, 0.2) is 29.3 Å². The van der Waals surface area contributed by atoms with Crippen LogP contribution in [0, 0.1) is 5.92 Å². The number of carbonyl (C=O) groups excluding carboxylic acids is 1. The van der Waals surface area contributed by atoms with Crippen molar-refractivity contribution in [2.24, 2.45) is 10.9 Å². The van der Waals surface area contributed by atoms with E-state index in [-0.39, 0.29) is 12.0 Å². The Balaban J connectivity index is 2.40. The van der Waals surface area contributed by atoms with Crippen molar-refractivity contribution < 1.29 is 9.53 Å². The first-order valence-corrected chi connectivity index (χ1v) is 9.09. The number of nitrogens with one attached hydrogen (secondary N) is 2. The van der Waals surface area contributed by atoms with Crippen molar-refractivity contribution >= 4 is 11.9 Å². The predicted octanol–water partition coefficient (Wildman–Crippen LogP) is 3.45. The van der Waals surface area contributed by atoms with Crippen LogP contribution in [0.5, 0.6) is 0 Å². The molecule has 0 saturated heterocycles. The van der Waals surface area contributed by atoms with Crippen LogP contribution >= 0.6 is 0 Å². The van der Waals surface area contributed by atoms with E-state index in [0.717, 1.165) is 31.8 Å². The van der Waals surface area contributed by atoms with E-state index in [0.29, 0.717) is 12.3 Å². The number of guanidine groups is 1. The number of methoxy groups -OCH3 is 1. The van der Waals surface area contributed by atoms with Crippen molar-refractivity contribution in [3.63, 3.8) is 0 Å². The molecule has 5 heteroatoms. The summed E-state index contributed by atoms with van der Waals surface area (Å²) in [5.74, 6) is 1.29. The summed E-state index contributed by atoms with van der Waals surface area (Å²) in [4.78, 5) is 15.3. The van der Waals surface area contributed by atoms with Crippen molar-refractivity contribution in [2.45, 2.75) is 52.5 Å². The summed E-state index contributed by atoms with van der Waals surface area (Å²) in [7, 11) is 3.19. The molecule has 0 fully saturated rings. The van der Waals surface area contributed by atoms with Crippen LogP contribution in [0.25, 0.3) is 0 Å². The van der Waals surface area contributed by atoms with Gasteiger partial charge in [0.05, 0.1) is 13.2 Å². The average molecular weight is 348 g/mol. The summed E-state index contributed by atoms with van der Waals surface area (Å²) in [6.45, 7) is 7.37. The number of nitrogens with zero attached hydrogens (tertiary/aromatic N) is 1. The molecule has 5 nitrogen and oxygen atoms in total. The first kappa shape index (κ1) is 21.0. The van der Waals surface area contributed by atoms with E-state index in [2.05, 4.69) is 65.4 Å². The number of benzene rings is 1. The molecule has 0 saturated carbocycles. The highest BCUT2D eigenvalue weighted by Crippen LogP contribution is 2.15. The molecule has 2 N–H and O–H groups in total. The van der Waals surface area contributed by atoms with Gasteiger partial charge in [0.25, 0.3) is 0 Å². The van der Waals surface area contributed by atoms with E-state index in [1.165, 1.54) is 18.2 Å². The van der Waals surface area contributed by atoms with Gasteiger partial charge in [0.15, 0.2) is 5.96 Å². The van der Waals surface area contributed by atoms with E-state index < -0.39 is 0 Å². The largest absolute Gasteiger partial charge is 0.469 e. The van der Waals surface area contributed by atoms with Gasteiger partial charge in [-0.25, -0.2) is 0 Å². The number of aliphatic imine (C=N–C) groups is 1. The van der Waals surface area contributed by atoms with Gasteiger partial charge < -0.3 is 15.4 Å². The number of esters is 1. The minimum Gasteiger partial charge on any atom is -0.469 e. The highest BCUT2D eigenvalue weighted by atomic mass is 16.5. The molecule has 0 spiro atoms. The third-order valence-electron chi connectivity index (χ3n) is 4.03. The third-order valence-corrected chi connectivity index (χ3v) is 4.03. The number of rotatable bonds is 9. The molecule has 1 aromatic rings. The normalized spacial score (nSPS) is 12.8. The number of carbonyl (C=O) groups is 1. The first-order chi connectivity index (χ1) is 12.0. The fourth-order valence-electron chi connectivity index (χ4n) is 2.60. The lowest BCUT2D eigenvalue weighted by Gasteiger charge is -2.18. The monoisotopic (exact) mass is 347 g/mol. The Hall–Kier alpha value is -2.04. The van der Waals surface area contributed by atoms with E-state index in [9.17, 15) is 4.79 Å². The van der Waals surface area contributed by atoms with Gasteiger partial charge in [-0.05, 0) is 43.2 Å². The summed E-state index contributed by atoms with van der Waals surface area (Å²) >= 11 is 0. The molecule has 0 aromatic heterocycles. The van der Waals surface area contributed by atoms with Gasteiger partial charge in [-0.2, -0.15) is 0 Å². The van der Waals surface area contributed by atoms with Crippen LogP contribution in [-0.2, 0) is 16.0 Å². The smallest absolute Gasteiger partial charge is 0.305 e. The zero-order chi connectivity index (χ0) is 18.7. The van der Waals surface area contributed by atoms with Crippen molar-refractivity contribution in [3.05, 3.63) is 35.4 Å². The van der Waals surface area contributed by atoms with Gasteiger partial charge in [-0.15, -0.1) is 0 Å². The van der Waals surface area contributed by atoms with Crippen molar-refractivity contribution in [2.75, 3.05) is 20.7 Å². The lowest BCUT2D eigenvalue weighted by molar-refractivity contribution is -0.140. The summed E-state index contributed by atoms with van der Waals surface area (Å²) < 4.78 is 4.63. The molecule has 140 valence electrons. The minimum atomic E-state index is -0.156. The van der Waals surface area contributed by atoms with Crippen LogP contribution in [-0.4, -0.2) is 32.6 Å². The topological polar surface area (TPSA) is 62.7 Å².